The van der Waals surface area contributed by atoms with E-state index >= 15 is 0 Å². The molecule has 0 aliphatic carbocycles. The summed E-state index contributed by atoms with van der Waals surface area (Å²) in [7, 11) is 0. The Kier molecular flexibility index (Phi) is 5.83. The minimum absolute atomic E-state index is 0.0820. The number of para-hydroxylation sites is 1. The van der Waals surface area contributed by atoms with Crippen LogP contribution >= 0.6 is 0 Å². The Labute approximate surface area is 133 Å². The summed E-state index contributed by atoms with van der Waals surface area (Å²) < 4.78 is 5.69. The first kappa shape index (κ1) is 16.8. The molecule has 1 amide bonds. The molecule has 2 rings (SSSR count). The molecule has 0 aromatic heterocycles. The van der Waals surface area contributed by atoms with Crippen LogP contribution in [0.2, 0.25) is 0 Å². The van der Waals surface area contributed by atoms with E-state index in [2.05, 4.69) is 37.9 Å². The van der Waals surface area contributed by atoms with Gasteiger partial charge in [0.15, 0.2) is 0 Å². The molecule has 0 fully saturated rings. The van der Waals surface area contributed by atoms with Crippen LogP contribution in [0.15, 0.2) is 24.3 Å². The molecule has 0 saturated carbocycles. The first-order valence-electron chi connectivity index (χ1n) is 8.23. The fraction of sp³-hybridized carbons (Fsp3) is 0.611. The molecule has 122 valence electrons. The molecule has 1 unspecified atom stereocenters. The van der Waals surface area contributed by atoms with E-state index < -0.39 is 0 Å². The van der Waals surface area contributed by atoms with Crippen LogP contribution in [0.25, 0.3) is 0 Å². The molecule has 1 heterocycles. The highest BCUT2D eigenvalue weighted by molar-refractivity contribution is 5.79. The average molecular weight is 304 g/mol. The summed E-state index contributed by atoms with van der Waals surface area (Å²) in [5.41, 5.74) is 1.12. The van der Waals surface area contributed by atoms with Crippen molar-refractivity contribution in [3.63, 3.8) is 0 Å². The van der Waals surface area contributed by atoms with Gasteiger partial charge in [-0.05, 0) is 45.7 Å². The SMILES string of the molecule is CC(C)N(CCNC(=O)C1COc2ccccc2C1)C(C)C. The molecule has 0 radical (unpaired) electrons. The van der Waals surface area contributed by atoms with Gasteiger partial charge in [0.1, 0.15) is 12.4 Å². The van der Waals surface area contributed by atoms with Crippen molar-refractivity contribution in [2.45, 2.75) is 46.2 Å². The number of carbonyl (C=O) groups excluding carboxylic acids is 1. The monoisotopic (exact) mass is 304 g/mol. The van der Waals surface area contributed by atoms with Crippen LogP contribution in [0, 0.1) is 5.92 Å². The number of amides is 1. The van der Waals surface area contributed by atoms with Crippen LogP contribution in [-0.4, -0.2) is 42.6 Å². The third-order valence-corrected chi connectivity index (χ3v) is 4.25. The predicted octanol–water partition coefficient (Wildman–Crippen LogP) is 2.47. The topological polar surface area (TPSA) is 41.6 Å². The zero-order valence-corrected chi connectivity index (χ0v) is 14.1. The Balaban J connectivity index is 1.81. The second-order valence-electron chi connectivity index (χ2n) is 6.54. The quantitative estimate of drug-likeness (QED) is 0.878. The summed E-state index contributed by atoms with van der Waals surface area (Å²) in [6.07, 6.45) is 0.764. The molecule has 1 N–H and O–H groups in total. The summed E-state index contributed by atoms with van der Waals surface area (Å²) in [6, 6.07) is 8.93. The molecule has 1 aliphatic heterocycles. The molecular formula is C18H28N2O2. The molecule has 0 bridgehead atoms. The fourth-order valence-corrected chi connectivity index (χ4v) is 3.06. The average Bonchev–Trinajstić information content (AvgIpc) is 2.50. The molecule has 1 atom stereocenters. The number of nitrogens with zero attached hydrogens (tertiary/aromatic N) is 1. The van der Waals surface area contributed by atoms with Gasteiger partial charge in [0.25, 0.3) is 0 Å². The Morgan fingerprint density at radius 2 is 1.95 bits per heavy atom. The number of nitrogens with one attached hydrogen (secondary N) is 1. The van der Waals surface area contributed by atoms with Gasteiger partial charge in [0.2, 0.25) is 5.91 Å². The lowest BCUT2D eigenvalue weighted by atomic mass is 9.96. The third-order valence-electron chi connectivity index (χ3n) is 4.25. The van der Waals surface area contributed by atoms with Crippen LogP contribution in [-0.2, 0) is 11.2 Å². The Hall–Kier alpha value is -1.55. The van der Waals surface area contributed by atoms with E-state index in [-0.39, 0.29) is 11.8 Å². The molecular weight excluding hydrogens is 276 g/mol. The molecule has 4 heteroatoms. The number of carbonyl (C=O) groups is 1. The van der Waals surface area contributed by atoms with Crippen molar-refractivity contribution in [3.8, 4) is 5.75 Å². The lowest BCUT2D eigenvalue weighted by Crippen LogP contribution is -2.44. The Bertz CT molecular complexity index is 492. The van der Waals surface area contributed by atoms with E-state index in [0.29, 0.717) is 25.2 Å². The van der Waals surface area contributed by atoms with Crippen LogP contribution in [0.4, 0.5) is 0 Å². The molecule has 1 aliphatic rings. The first-order chi connectivity index (χ1) is 10.5. The Morgan fingerprint density at radius 3 is 2.64 bits per heavy atom. The zero-order valence-electron chi connectivity index (χ0n) is 14.1. The Morgan fingerprint density at radius 1 is 1.27 bits per heavy atom. The van der Waals surface area contributed by atoms with Crippen LogP contribution in [0.3, 0.4) is 0 Å². The van der Waals surface area contributed by atoms with Gasteiger partial charge in [-0.2, -0.15) is 0 Å². The lowest BCUT2D eigenvalue weighted by Gasteiger charge is -2.31. The van der Waals surface area contributed by atoms with Gasteiger partial charge in [0.05, 0.1) is 5.92 Å². The smallest absolute Gasteiger partial charge is 0.226 e. The molecule has 22 heavy (non-hydrogen) atoms. The van der Waals surface area contributed by atoms with Crippen molar-refractivity contribution in [1.29, 1.82) is 0 Å². The third kappa shape index (κ3) is 4.23. The fourth-order valence-electron chi connectivity index (χ4n) is 3.06. The minimum atomic E-state index is -0.0820. The van der Waals surface area contributed by atoms with Gasteiger partial charge in [0, 0.05) is 25.2 Å². The van der Waals surface area contributed by atoms with E-state index in [0.717, 1.165) is 24.3 Å². The summed E-state index contributed by atoms with van der Waals surface area (Å²) in [6.45, 7) is 10.8. The van der Waals surface area contributed by atoms with Crippen molar-refractivity contribution in [2.75, 3.05) is 19.7 Å². The second kappa shape index (κ2) is 7.63. The van der Waals surface area contributed by atoms with Crippen molar-refractivity contribution in [2.24, 2.45) is 5.92 Å². The van der Waals surface area contributed by atoms with Gasteiger partial charge in [-0.3, -0.25) is 9.69 Å². The van der Waals surface area contributed by atoms with Crippen molar-refractivity contribution < 1.29 is 9.53 Å². The number of fused-ring (bicyclic) bond motifs is 1. The van der Waals surface area contributed by atoms with E-state index in [9.17, 15) is 4.79 Å². The van der Waals surface area contributed by atoms with Crippen molar-refractivity contribution >= 4 is 5.91 Å². The van der Waals surface area contributed by atoms with Gasteiger partial charge >= 0.3 is 0 Å². The first-order valence-corrected chi connectivity index (χ1v) is 8.23. The highest BCUT2D eigenvalue weighted by Crippen LogP contribution is 2.26. The van der Waals surface area contributed by atoms with Crippen LogP contribution in [0.5, 0.6) is 5.75 Å². The van der Waals surface area contributed by atoms with Crippen LogP contribution in [0.1, 0.15) is 33.3 Å². The van der Waals surface area contributed by atoms with Gasteiger partial charge in [-0.25, -0.2) is 0 Å². The number of rotatable bonds is 6. The highest BCUT2D eigenvalue weighted by atomic mass is 16.5. The molecule has 0 saturated heterocycles. The van der Waals surface area contributed by atoms with Gasteiger partial charge in [-0.1, -0.05) is 18.2 Å². The minimum Gasteiger partial charge on any atom is -0.492 e. The lowest BCUT2D eigenvalue weighted by molar-refractivity contribution is -0.126. The van der Waals surface area contributed by atoms with Crippen molar-refractivity contribution in [1.82, 2.24) is 10.2 Å². The van der Waals surface area contributed by atoms with Crippen LogP contribution < -0.4 is 10.1 Å². The van der Waals surface area contributed by atoms with E-state index in [4.69, 9.17) is 4.74 Å². The van der Waals surface area contributed by atoms with Gasteiger partial charge in [-0.15, -0.1) is 0 Å². The van der Waals surface area contributed by atoms with Crippen molar-refractivity contribution in [3.05, 3.63) is 29.8 Å². The number of hydrogen-bond donors (Lipinski definition) is 1. The number of hydrogen-bond acceptors (Lipinski definition) is 3. The largest absolute Gasteiger partial charge is 0.492 e. The maximum absolute atomic E-state index is 12.3. The number of ether oxygens (including phenoxy) is 1. The number of benzene rings is 1. The second-order valence-corrected chi connectivity index (χ2v) is 6.54. The standard InChI is InChI=1S/C18H28N2O2/c1-13(2)20(14(3)4)10-9-19-18(21)16-11-15-7-5-6-8-17(15)22-12-16/h5-8,13-14,16H,9-12H2,1-4H3,(H,19,21). The molecule has 1 aromatic carbocycles. The predicted molar refractivity (Wildman–Crippen MR) is 89.1 cm³/mol. The maximum Gasteiger partial charge on any atom is 0.226 e. The summed E-state index contributed by atoms with van der Waals surface area (Å²) in [4.78, 5) is 14.7. The zero-order chi connectivity index (χ0) is 16.1. The van der Waals surface area contributed by atoms with Gasteiger partial charge < -0.3 is 10.1 Å². The van der Waals surface area contributed by atoms with E-state index in [1.165, 1.54) is 0 Å². The maximum atomic E-state index is 12.3. The summed E-state index contributed by atoms with van der Waals surface area (Å²) >= 11 is 0. The van der Waals surface area contributed by atoms with E-state index in [1.54, 1.807) is 0 Å². The molecule has 4 nitrogen and oxygen atoms in total. The summed E-state index contributed by atoms with van der Waals surface area (Å²) in [5, 5.41) is 3.06. The normalized spacial score (nSPS) is 17.5. The van der Waals surface area contributed by atoms with E-state index in [1.807, 2.05) is 24.3 Å². The highest BCUT2D eigenvalue weighted by Gasteiger charge is 2.25. The molecule has 1 aromatic rings. The molecule has 0 spiro atoms. The summed E-state index contributed by atoms with van der Waals surface area (Å²) in [5.74, 6) is 0.931.